The summed E-state index contributed by atoms with van der Waals surface area (Å²) in [6.07, 6.45) is 8.40. The van der Waals surface area contributed by atoms with Gasteiger partial charge in [0.05, 0.1) is 0 Å². The van der Waals surface area contributed by atoms with E-state index in [4.69, 9.17) is 5.73 Å². The van der Waals surface area contributed by atoms with Crippen LogP contribution in [0.1, 0.15) is 52.9 Å². The average molecular weight is 181 g/mol. The third-order valence-corrected chi connectivity index (χ3v) is 4.00. The second-order valence-corrected chi connectivity index (χ2v) is 4.62. The van der Waals surface area contributed by atoms with Gasteiger partial charge in [0.1, 0.15) is 0 Å². The van der Waals surface area contributed by atoms with Gasteiger partial charge in [0, 0.05) is 5.70 Å². The predicted octanol–water partition coefficient (Wildman–Crippen LogP) is 3.46. The van der Waals surface area contributed by atoms with Crippen molar-refractivity contribution in [2.45, 2.75) is 52.9 Å². The lowest BCUT2D eigenvalue weighted by Gasteiger charge is -2.38. The zero-order chi connectivity index (χ0) is 9.90. The number of nitrogens with two attached hydrogens (primary N) is 1. The van der Waals surface area contributed by atoms with Gasteiger partial charge in [0.25, 0.3) is 0 Å². The third-order valence-electron chi connectivity index (χ3n) is 4.00. The van der Waals surface area contributed by atoms with Crippen LogP contribution in [-0.4, -0.2) is 0 Å². The van der Waals surface area contributed by atoms with Gasteiger partial charge in [-0.1, -0.05) is 39.7 Å². The molecule has 0 saturated carbocycles. The molecule has 0 unspecified atom stereocenters. The summed E-state index contributed by atoms with van der Waals surface area (Å²) in [5.74, 6) is 0.812. The summed E-state index contributed by atoms with van der Waals surface area (Å²) in [6.45, 7) is 7.02. The van der Waals surface area contributed by atoms with E-state index >= 15 is 0 Å². The van der Waals surface area contributed by atoms with Gasteiger partial charge in [-0.3, -0.25) is 0 Å². The fourth-order valence-electron chi connectivity index (χ4n) is 2.36. The van der Waals surface area contributed by atoms with Crippen molar-refractivity contribution in [3.05, 3.63) is 11.8 Å². The monoisotopic (exact) mass is 181 g/mol. The minimum absolute atomic E-state index is 0.513. The normalized spacial score (nSPS) is 24.2. The van der Waals surface area contributed by atoms with Gasteiger partial charge in [-0.25, -0.2) is 0 Å². The van der Waals surface area contributed by atoms with E-state index in [-0.39, 0.29) is 0 Å². The van der Waals surface area contributed by atoms with Crippen LogP contribution in [0.5, 0.6) is 0 Å². The van der Waals surface area contributed by atoms with Crippen molar-refractivity contribution >= 4 is 0 Å². The molecule has 0 aromatic carbocycles. The third kappa shape index (κ3) is 2.26. The minimum Gasteiger partial charge on any atom is -0.402 e. The Morgan fingerprint density at radius 2 is 2.08 bits per heavy atom. The first kappa shape index (κ1) is 10.6. The van der Waals surface area contributed by atoms with Crippen molar-refractivity contribution in [1.82, 2.24) is 0 Å². The van der Waals surface area contributed by atoms with Gasteiger partial charge in [-0.2, -0.15) is 0 Å². The lowest BCUT2D eigenvalue weighted by Crippen LogP contribution is -2.29. The summed E-state index contributed by atoms with van der Waals surface area (Å²) >= 11 is 0. The minimum atomic E-state index is 0.513. The van der Waals surface area contributed by atoms with Crippen LogP contribution in [0.15, 0.2) is 11.8 Å². The molecule has 2 N–H and O–H groups in total. The fourth-order valence-corrected chi connectivity index (χ4v) is 2.36. The van der Waals surface area contributed by atoms with Crippen molar-refractivity contribution in [2.75, 3.05) is 0 Å². The molecule has 0 amide bonds. The number of rotatable bonds is 3. The number of hydrogen-bond donors (Lipinski definition) is 1. The highest BCUT2D eigenvalue weighted by Gasteiger charge is 2.31. The van der Waals surface area contributed by atoms with Gasteiger partial charge in [-0.15, -0.1) is 0 Å². The van der Waals surface area contributed by atoms with E-state index in [0.717, 1.165) is 18.0 Å². The van der Waals surface area contributed by atoms with Gasteiger partial charge >= 0.3 is 0 Å². The second-order valence-electron chi connectivity index (χ2n) is 4.62. The highest BCUT2D eigenvalue weighted by Crippen LogP contribution is 2.42. The molecule has 0 heterocycles. The standard InChI is InChI=1S/C12H23N/c1-4-12(3,5-2)10-7-6-8-11(13)9-10/h8,10H,4-7,9,13H2,1-3H3/t10-/m0/s1. The molecule has 1 aliphatic carbocycles. The smallest absolute Gasteiger partial charge is 0.00429 e. The van der Waals surface area contributed by atoms with E-state index in [2.05, 4.69) is 26.8 Å². The molecule has 0 aliphatic heterocycles. The highest BCUT2D eigenvalue weighted by molar-refractivity contribution is 5.04. The Morgan fingerprint density at radius 3 is 2.54 bits per heavy atom. The molecule has 13 heavy (non-hydrogen) atoms. The molecular formula is C12H23N. The fraction of sp³-hybridized carbons (Fsp3) is 0.833. The molecule has 1 atom stereocenters. The molecule has 0 bridgehead atoms. The average Bonchev–Trinajstić information content (AvgIpc) is 2.17. The van der Waals surface area contributed by atoms with Crippen LogP contribution in [0.4, 0.5) is 0 Å². The molecule has 0 aromatic heterocycles. The van der Waals surface area contributed by atoms with Crippen LogP contribution >= 0.6 is 0 Å². The predicted molar refractivity (Wildman–Crippen MR) is 58.3 cm³/mol. The van der Waals surface area contributed by atoms with E-state index in [0.29, 0.717) is 5.41 Å². The molecule has 1 heteroatoms. The van der Waals surface area contributed by atoms with Crippen LogP contribution in [-0.2, 0) is 0 Å². The summed E-state index contributed by atoms with van der Waals surface area (Å²) in [5, 5.41) is 0. The summed E-state index contributed by atoms with van der Waals surface area (Å²) < 4.78 is 0. The van der Waals surface area contributed by atoms with Crippen molar-refractivity contribution in [1.29, 1.82) is 0 Å². The van der Waals surface area contributed by atoms with Crippen LogP contribution in [0.2, 0.25) is 0 Å². The first-order chi connectivity index (χ1) is 6.12. The van der Waals surface area contributed by atoms with Gasteiger partial charge in [0.15, 0.2) is 0 Å². The van der Waals surface area contributed by atoms with E-state index < -0.39 is 0 Å². The Hall–Kier alpha value is -0.460. The van der Waals surface area contributed by atoms with E-state index in [1.165, 1.54) is 25.7 Å². The second kappa shape index (κ2) is 4.17. The molecule has 0 fully saturated rings. The molecule has 0 aromatic rings. The summed E-state index contributed by atoms with van der Waals surface area (Å²) in [6, 6.07) is 0. The maximum atomic E-state index is 5.89. The Labute approximate surface area is 82.4 Å². The summed E-state index contributed by atoms with van der Waals surface area (Å²) in [4.78, 5) is 0. The maximum Gasteiger partial charge on any atom is 0.00429 e. The molecule has 0 radical (unpaired) electrons. The molecule has 0 saturated heterocycles. The quantitative estimate of drug-likeness (QED) is 0.709. The highest BCUT2D eigenvalue weighted by atomic mass is 14.6. The first-order valence-electron chi connectivity index (χ1n) is 5.57. The van der Waals surface area contributed by atoms with Crippen LogP contribution in [0.3, 0.4) is 0 Å². The molecular weight excluding hydrogens is 158 g/mol. The number of allylic oxidation sites excluding steroid dienone is 2. The Kier molecular flexibility index (Phi) is 3.40. The Bertz CT molecular complexity index is 189. The van der Waals surface area contributed by atoms with E-state index in [1.54, 1.807) is 0 Å². The van der Waals surface area contributed by atoms with Crippen LogP contribution in [0, 0.1) is 11.3 Å². The van der Waals surface area contributed by atoms with Crippen molar-refractivity contribution < 1.29 is 0 Å². The van der Waals surface area contributed by atoms with Crippen molar-refractivity contribution in [3.63, 3.8) is 0 Å². The Balaban J connectivity index is 2.66. The van der Waals surface area contributed by atoms with E-state index in [9.17, 15) is 0 Å². The van der Waals surface area contributed by atoms with Crippen molar-refractivity contribution in [3.8, 4) is 0 Å². The first-order valence-corrected chi connectivity index (χ1v) is 5.57. The van der Waals surface area contributed by atoms with E-state index in [1.807, 2.05) is 0 Å². The van der Waals surface area contributed by atoms with Crippen LogP contribution < -0.4 is 5.73 Å². The topological polar surface area (TPSA) is 26.0 Å². The van der Waals surface area contributed by atoms with Gasteiger partial charge < -0.3 is 5.73 Å². The molecule has 1 aliphatic rings. The lowest BCUT2D eigenvalue weighted by molar-refractivity contribution is 0.152. The largest absolute Gasteiger partial charge is 0.402 e. The molecule has 0 spiro atoms. The zero-order valence-electron chi connectivity index (χ0n) is 9.27. The molecule has 1 nitrogen and oxygen atoms in total. The molecule has 76 valence electrons. The zero-order valence-corrected chi connectivity index (χ0v) is 9.27. The maximum absolute atomic E-state index is 5.89. The van der Waals surface area contributed by atoms with Crippen LogP contribution in [0.25, 0.3) is 0 Å². The van der Waals surface area contributed by atoms with Gasteiger partial charge in [-0.05, 0) is 30.6 Å². The summed E-state index contributed by atoms with van der Waals surface area (Å²) in [7, 11) is 0. The van der Waals surface area contributed by atoms with Gasteiger partial charge in [0.2, 0.25) is 0 Å². The number of hydrogen-bond acceptors (Lipinski definition) is 1. The SMILES string of the molecule is CCC(C)(CC)[C@H]1CCC=C(N)C1. The van der Waals surface area contributed by atoms with Crippen molar-refractivity contribution in [2.24, 2.45) is 17.1 Å². The summed E-state index contributed by atoms with van der Waals surface area (Å²) in [5.41, 5.74) is 7.52. The Morgan fingerprint density at radius 1 is 1.46 bits per heavy atom. The lowest BCUT2D eigenvalue weighted by atomic mass is 9.68. The molecule has 1 rings (SSSR count).